The van der Waals surface area contributed by atoms with E-state index in [0.717, 1.165) is 4.90 Å². The van der Waals surface area contributed by atoms with E-state index in [1.54, 1.807) is 6.92 Å². The number of rotatable bonds is 0. The van der Waals surface area contributed by atoms with Crippen LogP contribution in [0.4, 0.5) is 13.2 Å². The second kappa shape index (κ2) is 4.16. The standard InChI is InChI=1S/C8H13F3N2O/c1-6-5-13(4-2-3-12-6)7(14)8(9,10)11/h6,12H,2-5H2,1H3. The van der Waals surface area contributed by atoms with Gasteiger partial charge in [0.25, 0.3) is 0 Å². The number of hydrogen-bond acceptors (Lipinski definition) is 2. The fraction of sp³-hybridized carbons (Fsp3) is 0.875. The highest BCUT2D eigenvalue weighted by molar-refractivity contribution is 5.81. The highest BCUT2D eigenvalue weighted by atomic mass is 19.4. The van der Waals surface area contributed by atoms with Gasteiger partial charge in [0.15, 0.2) is 0 Å². The Bertz CT molecular complexity index is 217. The minimum atomic E-state index is -4.75. The number of alkyl halides is 3. The van der Waals surface area contributed by atoms with Crippen LogP contribution in [0.2, 0.25) is 0 Å². The summed E-state index contributed by atoms with van der Waals surface area (Å²) in [7, 11) is 0. The summed E-state index contributed by atoms with van der Waals surface area (Å²) in [5.74, 6) is -1.73. The van der Waals surface area contributed by atoms with Gasteiger partial charge >= 0.3 is 12.1 Å². The topological polar surface area (TPSA) is 32.3 Å². The molecule has 0 aliphatic carbocycles. The SMILES string of the molecule is CC1CN(C(=O)C(F)(F)F)CCCN1. The molecule has 1 atom stereocenters. The van der Waals surface area contributed by atoms with Gasteiger partial charge in [0.05, 0.1) is 0 Å². The van der Waals surface area contributed by atoms with Crippen molar-refractivity contribution >= 4 is 5.91 Å². The molecule has 0 spiro atoms. The van der Waals surface area contributed by atoms with Crippen molar-refractivity contribution in [1.82, 2.24) is 10.2 Å². The molecule has 0 saturated carbocycles. The Balaban J connectivity index is 2.62. The molecule has 0 aromatic heterocycles. The molecule has 1 amide bonds. The predicted octanol–water partition coefficient (Wildman–Crippen LogP) is 0.759. The number of hydrogen-bond donors (Lipinski definition) is 1. The summed E-state index contributed by atoms with van der Waals surface area (Å²) < 4.78 is 36.2. The summed E-state index contributed by atoms with van der Waals surface area (Å²) in [6.45, 7) is 2.72. The van der Waals surface area contributed by atoms with E-state index in [9.17, 15) is 18.0 Å². The zero-order valence-corrected chi connectivity index (χ0v) is 7.90. The van der Waals surface area contributed by atoms with Crippen LogP contribution in [-0.2, 0) is 4.79 Å². The number of carbonyl (C=O) groups is 1. The Morgan fingerprint density at radius 2 is 2.14 bits per heavy atom. The Morgan fingerprint density at radius 1 is 1.50 bits per heavy atom. The van der Waals surface area contributed by atoms with Crippen molar-refractivity contribution in [2.24, 2.45) is 0 Å². The molecule has 1 fully saturated rings. The largest absolute Gasteiger partial charge is 0.471 e. The molecular weight excluding hydrogens is 197 g/mol. The first kappa shape index (κ1) is 11.3. The zero-order valence-electron chi connectivity index (χ0n) is 7.90. The first-order chi connectivity index (χ1) is 6.41. The molecule has 1 rings (SSSR count). The molecule has 0 aromatic carbocycles. The zero-order chi connectivity index (χ0) is 10.8. The second-order valence-electron chi connectivity index (χ2n) is 3.46. The summed E-state index contributed by atoms with van der Waals surface area (Å²) in [5.41, 5.74) is 0. The first-order valence-corrected chi connectivity index (χ1v) is 4.50. The molecule has 3 nitrogen and oxygen atoms in total. The fourth-order valence-electron chi connectivity index (χ4n) is 1.47. The smallest absolute Gasteiger partial charge is 0.333 e. The maximum atomic E-state index is 12.1. The molecule has 1 aliphatic rings. The summed E-state index contributed by atoms with van der Waals surface area (Å²) in [4.78, 5) is 11.8. The number of carbonyl (C=O) groups excluding carboxylic acids is 1. The monoisotopic (exact) mass is 210 g/mol. The Hall–Kier alpha value is -0.780. The third-order valence-corrected chi connectivity index (χ3v) is 2.12. The van der Waals surface area contributed by atoms with E-state index in [4.69, 9.17) is 0 Å². The van der Waals surface area contributed by atoms with Crippen molar-refractivity contribution in [3.8, 4) is 0 Å². The van der Waals surface area contributed by atoms with Crippen LogP contribution in [-0.4, -0.2) is 42.7 Å². The normalized spacial score (nSPS) is 24.6. The van der Waals surface area contributed by atoms with Crippen LogP contribution < -0.4 is 5.32 Å². The van der Waals surface area contributed by atoms with E-state index in [2.05, 4.69) is 5.32 Å². The van der Waals surface area contributed by atoms with Crippen LogP contribution in [0.15, 0.2) is 0 Å². The van der Waals surface area contributed by atoms with Crippen LogP contribution in [0.3, 0.4) is 0 Å². The molecule has 0 aromatic rings. The first-order valence-electron chi connectivity index (χ1n) is 4.50. The molecule has 82 valence electrons. The van der Waals surface area contributed by atoms with E-state index in [1.807, 2.05) is 0 Å². The minimum absolute atomic E-state index is 0.0798. The van der Waals surface area contributed by atoms with E-state index in [0.29, 0.717) is 13.0 Å². The van der Waals surface area contributed by atoms with Crippen LogP contribution in [0.1, 0.15) is 13.3 Å². The summed E-state index contributed by atoms with van der Waals surface area (Å²) in [6, 6.07) is -0.0798. The van der Waals surface area contributed by atoms with Gasteiger partial charge in [0.1, 0.15) is 0 Å². The Labute approximate surface area is 80.3 Å². The number of nitrogens with one attached hydrogen (secondary N) is 1. The highest BCUT2D eigenvalue weighted by Crippen LogP contribution is 2.19. The molecule has 1 unspecified atom stereocenters. The van der Waals surface area contributed by atoms with Crippen LogP contribution in [0, 0.1) is 0 Å². The van der Waals surface area contributed by atoms with Gasteiger partial charge in [-0.3, -0.25) is 4.79 Å². The molecule has 0 radical (unpaired) electrons. The van der Waals surface area contributed by atoms with Crippen molar-refractivity contribution in [1.29, 1.82) is 0 Å². The number of amides is 1. The van der Waals surface area contributed by atoms with Crippen molar-refractivity contribution in [3.05, 3.63) is 0 Å². The molecule has 1 heterocycles. The highest BCUT2D eigenvalue weighted by Gasteiger charge is 2.42. The van der Waals surface area contributed by atoms with E-state index in [1.165, 1.54) is 0 Å². The van der Waals surface area contributed by atoms with Crippen LogP contribution in [0.25, 0.3) is 0 Å². The predicted molar refractivity (Wildman–Crippen MR) is 44.7 cm³/mol. The lowest BCUT2D eigenvalue weighted by molar-refractivity contribution is -0.185. The fourth-order valence-corrected chi connectivity index (χ4v) is 1.47. The lowest BCUT2D eigenvalue weighted by atomic mass is 10.3. The average molecular weight is 210 g/mol. The van der Waals surface area contributed by atoms with E-state index in [-0.39, 0.29) is 19.1 Å². The Morgan fingerprint density at radius 3 is 2.71 bits per heavy atom. The lowest BCUT2D eigenvalue weighted by Crippen LogP contribution is -2.45. The van der Waals surface area contributed by atoms with Crippen LogP contribution >= 0.6 is 0 Å². The summed E-state index contributed by atoms with van der Waals surface area (Å²) in [5, 5.41) is 3.02. The summed E-state index contributed by atoms with van der Waals surface area (Å²) in [6.07, 6.45) is -4.18. The third kappa shape index (κ3) is 2.87. The second-order valence-corrected chi connectivity index (χ2v) is 3.46. The van der Waals surface area contributed by atoms with E-state index >= 15 is 0 Å². The molecule has 0 bridgehead atoms. The third-order valence-electron chi connectivity index (χ3n) is 2.12. The maximum Gasteiger partial charge on any atom is 0.471 e. The van der Waals surface area contributed by atoms with Gasteiger partial charge in [-0.05, 0) is 19.9 Å². The van der Waals surface area contributed by atoms with Gasteiger partial charge in [0, 0.05) is 19.1 Å². The van der Waals surface area contributed by atoms with Crippen molar-refractivity contribution in [2.45, 2.75) is 25.6 Å². The van der Waals surface area contributed by atoms with Gasteiger partial charge in [-0.1, -0.05) is 0 Å². The maximum absolute atomic E-state index is 12.1. The molecule has 1 N–H and O–H groups in total. The molecule has 14 heavy (non-hydrogen) atoms. The van der Waals surface area contributed by atoms with E-state index < -0.39 is 12.1 Å². The summed E-state index contributed by atoms with van der Waals surface area (Å²) >= 11 is 0. The number of halogens is 3. The van der Waals surface area contributed by atoms with Crippen molar-refractivity contribution in [3.63, 3.8) is 0 Å². The minimum Gasteiger partial charge on any atom is -0.333 e. The Kier molecular flexibility index (Phi) is 3.36. The van der Waals surface area contributed by atoms with Gasteiger partial charge in [-0.15, -0.1) is 0 Å². The molecule has 1 saturated heterocycles. The van der Waals surface area contributed by atoms with Gasteiger partial charge in [-0.25, -0.2) is 0 Å². The molecule has 1 aliphatic heterocycles. The van der Waals surface area contributed by atoms with Gasteiger partial charge in [-0.2, -0.15) is 13.2 Å². The molecular formula is C8H13F3N2O. The van der Waals surface area contributed by atoms with Gasteiger partial charge in [0.2, 0.25) is 0 Å². The van der Waals surface area contributed by atoms with Crippen molar-refractivity contribution < 1.29 is 18.0 Å². The average Bonchev–Trinajstić information content (AvgIpc) is 2.26. The number of nitrogens with zero attached hydrogens (tertiary/aromatic N) is 1. The molecule has 6 heteroatoms. The van der Waals surface area contributed by atoms with Crippen molar-refractivity contribution in [2.75, 3.05) is 19.6 Å². The quantitative estimate of drug-likeness (QED) is 0.640. The van der Waals surface area contributed by atoms with Crippen LogP contribution in [0.5, 0.6) is 0 Å². The van der Waals surface area contributed by atoms with Gasteiger partial charge < -0.3 is 10.2 Å². The lowest BCUT2D eigenvalue weighted by Gasteiger charge is -2.23.